The Morgan fingerprint density at radius 2 is 1.86 bits per heavy atom. The van der Waals surface area contributed by atoms with Gasteiger partial charge in [-0.3, -0.25) is 4.90 Å². The molecule has 1 spiro atoms. The van der Waals surface area contributed by atoms with Crippen LogP contribution in [0.5, 0.6) is 0 Å². The maximum atomic E-state index is 13.2. The molecule has 2 aliphatic heterocycles. The van der Waals surface area contributed by atoms with E-state index in [2.05, 4.69) is 11.8 Å². The molecule has 2 heterocycles. The fourth-order valence-corrected chi connectivity index (χ4v) is 3.51. The minimum atomic E-state index is -0.548. The van der Waals surface area contributed by atoms with E-state index in [9.17, 15) is 4.39 Å². The van der Waals surface area contributed by atoms with Gasteiger partial charge in [0.05, 0.1) is 0 Å². The van der Waals surface area contributed by atoms with Crippen molar-refractivity contribution in [3.63, 3.8) is 0 Å². The normalized spacial score (nSPS) is 43.3. The zero-order valence-corrected chi connectivity index (χ0v) is 9.65. The Balaban J connectivity index is 0.000000354. The molecular weight excluding hydrogens is 177 g/mol. The third-order valence-corrected chi connectivity index (χ3v) is 4.59. The molecule has 14 heavy (non-hydrogen) atoms. The average molecular weight is 199 g/mol. The van der Waals surface area contributed by atoms with E-state index < -0.39 is 6.17 Å². The third kappa shape index (κ3) is 1.16. The van der Waals surface area contributed by atoms with Gasteiger partial charge >= 0.3 is 0 Å². The predicted molar refractivity (Wildman–Crippen MR) is 57.1 cm³/mol. The van der Waals surface area contributed by atoms with E-state index in [-0.39, 0.29) is 5.54 Å². The molecule has 3 rings (SSSR count). The molecule has 0 bridgehead atoms. The van der Waals surface area contributed by atoms with Crippen molar-refractivity contribution in [2.45, 2.75) is 58.2 Å². The van der Waals surface area contributed by atoms with Gasteiger partial charge < -0.3 is 0 Å². The van der Waals surface area contributed by atoms with E-state index in [1.54, 1.807) is 0 Å². The van der Waals surface area contributed by atoms with Crippen LogP contribution in [-0.4, -0.2) is 29.7 Å². The lowest BCUT2D eigenvalue weighted by molar-refractivity contribution is 0.159. The number of hydrogen-bond acceptors (Lipinski definition) is 1. The minimum absolute atomic E-state index is 0.242. The molecule has 1 unspecified atom stereocenters. The lowest BCUT2D eigenvalue weighted by atomic mass is 9.82. The summed E-state index contributed by atoms with van der Waals surface area (Å²) >= 11 is 0. The van der Waals surface area contributed by atoms with Crippen LogP contribution in [0.4, 0.5) is 4.39 Å². The lowest BCUT2D eigenvalue weighted by Crippen LogP contribution is -2.40. The molecule has 1 saturated carbocycles. The molecular formula is C12H22FN. The Hall–Kier alpha value is -0.110. The van der Waals surface area contributed by atoms with Crippen LogP contribution in [-0.2, 0) is 0 Å². The smallest absolute Gasteiger partial charge is 0.115 e. The van der Waals surface area contributed by atoms with E-state index in [4.69, 9.17) is 0 Å². The first kappa shape index (κ1) is 10.4. The molecule has 82 valence electrons. The van der Waals surface area contributed by atoms with Crippen molar-refractivity contribution in [2.75, 3.05) is 13.1 Å². The Kier molecular flexibility index (Phi) is 2.37. The highest BCUT2D eigenvalue weighted by Crippen LogP contribution is 2.65. The van der Waals surface area contributed by atoms with Gasteiger partial charge in [-0.15, -0.1) is 0 Å². The van der Waals surface area contributed by atoms with Crippen molar-refractivity contribution in [2.24, 2.45) is 5.41 Å². The highest BCUT2D eigenvalue weighted by atomic mass is 19.1. The Labute approximate surface area is 86.7 Å². The lowest BCUT2D eigenvalue weighted by Gasteiger charge is -2.33. The molecule has 0 aromatic carbocycles. The Morgan fingerprint density at radius 3 is 2.43 bits per heavy atom. The SMILES string of the molecule is CC.C[C@]12CC(F)CN1CCC21CC1. The number of nitrogens with zero attached hydrogens (tertiary/aromatic N) is 1. The molecule has 0 amide bonds. The summed E-state index contributed by atoms with van der Waals surface area (Å²) in [6, 6.07) is 0. The van der Waals surface area contributed by atoms with Crippen LogP contribution < -0.4 is 0 Å². The summed E-state index contributed by atoms with van der Waals surface area (Å²) < 4.78 is 13.2. The first-order valence-electron chi connectivity index (χ1n) is 6.05. The number of rotatable bonds is 0. The van der Waals surface area contributed by atoms with Crippen LogP contribution in [0.2, 0.25) is 0 Å². The van der Waals surface area contributed by atoms with Crippen molar-refractivity contribution < 1.29 is 4.39 Å². The fraction of sp³-hybridized carbons (Fsp3) is 1.00. The van der Waals surface area contributed by atoms with Crippen molar-refractivity contribution >= 4 is 0 Å². The highest BCUT2D eigenvalue weighted by molar-refractivity contribution is 5.19. The van der Waals surface area contributed by atoms with E-state index in [0.29, 0.717) is 12.0 Å². The fourth-order valence-electron chi connectivity index (χ4n) is 3.51. The van der Waals surface area contributed by atoms with Crippen LogP contribution in [0, 0.1) is 5.41 Å². The predicted octanol–water partition coefficient (Wildman–Crippen LogP) is 3.00. The van der Waals surface area contributed by atoms with Crippen LogP contribution in [0.25, 0.3) is 0 Å². The Bertz CT molecular complexity index is 224. The molecule has 0 N–H and O–H groups in total. The molecule has 0 radical (unpaired) electrons. The standard InChI is InChI=1S/C10H16FN.C2H6/c1-9-6-8(11)7-12(9)5-4-10(9)2-3-10;1-2/h8H,2-7H2,1H3;1-2H3/t8?,9-;/m1./s1. The van der Waals surface area contributed by atoms with E-state index in [0.717, 1.165) is 13.0 Å². The number of fused-ring (bicyclic) bond motifs is 2. The zero-order chi connectivity index (χ0) is 10.4. The molecule has 3 aliphatic rings. The summed E-state index contributed by atoms with van der Waals surface area (Å²) in [5, 5.41) is 0. The maximum Gasteiger partial charge on any atom is 0.115 e. The molecule has 2 saturated heterocycles. The van der Waals surface area contributed by atoms with Gasteiger partial charge in [-0.2, -0.15) is 0 Å². The van der Waals surface area contributed by atoms with Crippen LogP contribution >= 0.6 is 0 Å². The number of halogens is 1. The largest absolute Gasteiger partial charge is 0.294 e. The van der Waals surface area contributed by atoms with Crippen molar-refractivity contribution in [3.05, 3.63) is 0 Å². The van der Waals surface area contributed by atoms with Gasteiger partial charge in [0.1, 0.15) is 6.17 Å². The monoisotopic (exact) mass is 199 g/mol. The van der Waals surface area contributed by atoms with Crippen molar-refractivity contribution in [1.29, 1.82) is 0 Å². The van der Waals surface area contributed by atoms with Crippen molar-refractivity contribution in [3.8, 4) is 0 Å². The molecule has 2 atom stereocenters. The molecule has 0 aromatic heterocycles. The highest BCUT2D eigenvalue weighted by Gasteiger charge is 2.65. The molecule has 3 fully saturated rings. The average Bonchev–Trinajstić information content (AvgIpc) is 2.85. The van der Waals surface area contributed by atoms with Crippen LogP contribution in [0.1, 0.15) is 46.5 Å². The summed E-state index contributed by atoms with van der Waals surface area (Å²) in [5.74, 6) is 0. The first-order valence-corrected chi connectivity index (χ1v) is 6.05. The summed E-state index contributed by atoms with van der Waals surface area (Å²) in [4.78, 5) is 2.39. The zero-order valence-electron chi connectivity index (χ0n) is 9.65. The quantitative estimate of drug-likeness (QED) is 0.579. The van der Waals surface area contributed by atoms with Crippen LogP contribution in [0.3, 0.4) is 0 Å². The summed E-state index contributed by atoms with van der Waals surface area (Å²) in [6.45, 7) is 8.14. The van der Waals surface area contributed by atoms with Gasteiger partial charge in [0.15, 0.2) is 0 Å². The van der Waals surface area contributed by atoms with Gasteiger partial charge in [-0.1, -0.05) is 13.8 Å². The van der Waals surface area contributed by atoms with E-state index in [1.807, 2.05) is 13.8 Å². The molecule has 1 nitrogen and oxygen atoms in total. The second-order valence-corrected chi connectivity index (χ2v) is 5.05. The molecule has 0 aromatic rings. The summed E-state index contributed by atoms with van der Waals surface area (Å²) in [5.41, 5.74) is 0.792. The van der Waals surface area contributed by atoms with E-state index >= 15 is 0 Å². The second-order valence-electron chi connectivity index (χ2n) is 5.05. The maximum absolute atomic E-state index is 13.2. The van der Waals surface area contributed by atoms with Crippen LogP contribution in [0.15, 0.2) is 0 Å². The second kappa shape index (κ2) is 3.19. The van der Waals surface area contributed by atoms with Gasteiger partial charge in [0, 0.05) is 12.1 Å². The minimum Gasteiger partial charge on any atom is -0.294 e. The van der Waals surface area contributed by atoms with Gasteiger partial charge in [0.25, 0.3) is 0 Å². The number of hydrogen-bond donors (Lipinski definition) is 0. The summed E-state index contributed by atoms with van der Waals surface area (Å²) in [7, 11) is 0. The molecule has 2 heteroatoms. The summed E-state index contributed by atoms with van der Waals surface area (Å²) in [6.07, 6.45) is 4.29. The van der Waals surface area contributed by atoms with Crippen molar-refractivity contribution in [1.82, 2.24) is 4.90 Å². The van der Waals surface area contributed by atoms with Gasteiger partial charge in [-0.25, -0.2) is 4.39 Å². The first-order chi connectivity index (χ1) is 6.66. The topological polar surface area (TPSA) is 3.24 Å². The Morgan fingerprint density at radius 1 is 1.21 bits per heavy atom. The molecule has 1 aliphatic carbocycles. The van der Waals surface area contributed by atoms with Gasteiger partial charge in [-0.05, 0) is 44.6 Å². The van der Waals surface area contributed by atoms with E-state index in [1.165, 1.54) is 19.3 Å². The number of alkyl halides is 1. The third-order valence-electron chi connectivity index (χ3n) is 4.59. The van der Waals surface area contributed by atoms with Gasteiger partial charge in [0.2, 0.25) is 0 Å².